The largest absolute Gasteiger partial charge is 0.392 e. The Bertz CT molecular complexity index is 1160. The molecule has 1 radical (unpaired) electrons. The Morgan fingerprint density at radius 1 is 0.944 bits per heavy atom. The van der Waals surface area contributed by atoms with Crippen LogP contribution in [-0.4, -0.2) is 27.4 Å². The van der Waals surface area contributed by atoms with Crippen molar-refractivity contribution in [3.63, 3.8) is 0 Å². The minimum absolute atomic E-state index is 0. The summed E-state index contributed by atoms with van der Waals surface area (Å²) >= 11 is 0. The Morgan fingerprint density at radius 3 is 2.31 bits per heavy atom. The Hall–Kier alpha value is -1.58. The quantitative estimate of drug-likeness (QED) is 0.296. The number of hydrogen-bond acceptors (Lipinski definition) is 3. The second kappa shape index (κ2) is 11.4. The van der Waals surface area contributed by atoms with Crippen LogP contribution in [0.3, 0.4) is 0 Å². The monoisotopic (exact) mass is 665 g/mol. The summed E-state index contributed by atoms with van der Waals surface area (Å²) in [5.41, 5.74) is 5.84. The fourth-order valence-electron chi connectivity index (χ4n) is 6.24. The molecule has 3 aromatic rings. The predicted octanol–water partition coefficient (Wildman–Crippen LogP) is 7.01. The van der Waals surface area contributed by atoms with Crippen molar-refractivity contribution < 1.29 is 30.3 Å². The number of fused-ring (bicyclic) bond motifs is 2. The first kappa shape index (κ1) is 29.0. The summed E-state index contributed by atoms with van der Waals surface area (Å²) < 4.78 is 0. The zero-order valence-electron chi connectivity index (χ0n) is 22.6. The molecule has 4 unspecified atom stereocenters. The van der Waals surface area contributed by atoms with Crippen molar-refractivity contribution >= 4 is 10.9 Å². The van der Waals surface area contributed by atoms with Gasteiger partial charge in [-0.25, -0.2) is 0 Å². The number of aryl methyl sites for hydroxylation is 2. The smallest absolute Gasteiger partial charge is 0.0646 e. The molecule has 2 aromatic carbocycles. The van der Waals surface area contributed by atoms with E-state index in [4.69, 9.17) is 4.98 Å². The van der Waals surface area contributed by atoms with Gasteiger partial charge in [0.15, 0.2) is 0 Å². The van der Waals surface area contributed by atoms with Crippen LogP contribution in [0.25, 0.3) is 22.2 Å². The van der Waals surface area contributed by atoms with Gasteiger partial charge < -0.3 is 10.2 Å². The second-order valence-electron chi connectivity index (χ2n) is 11.9. The van der Waals surface area contributed by atoms with E-state index in [-0.39, 0.29) is 49.1 Å². The van der Waals surface area contributed by atoms with Crippen LogP contribution in [0.2, 0.25) is 0 Å². The van der Waals surface area contributed by atoms with Crippen molar-refractivity contribution in [3.8, 4) is 11.3 Å². The molecule has 0 bridgehead atoms. The van der Waals surface area contributed by atoms with Crippen LogP contribution in [0.5, 0.6) is 0 Å². The Morgan fingerprint density at radius 2 is 1.67 bits per heavy atom. The molecule has 2 fully saturated rings. The molecule has 36 heavy (non-hydrogen) atoms. The molecule has 1 heterocycles. The number of aliphatic hydroxyl groups excluding tert-OH is 2. The van der Waals surface area contributed by atoms with Gasteiger partial charge in [0.25, 0.3) is 0 Å². The first-order valence-corrected chi connectivity index (χ1v) is 13.3. The number of aromatic nitrogens is 1. The van der Waals surface area contributed by atoms with Crippen molar-refractivity contribution in [2.24, 2.45) is 22.7 Å². The van der Waals surface area contributed by atoms with Gasteiger partial charge in [-0.15, -0.1) is 35.9 Å². The fraction of sp³-hybridized carbons (Fsp3) is 0.531. The summed E-state index contributed by atoms with van der Waals surface area (Å²) in [7, 11) is 0. The summed E-state index contributed by atoms with van der Waals surface area (Å²) in [6.07, 6.45) is 4.72. The van der Waals surface area contributed by atoms with Gasteiger partial charge >= 0.3 is 0 Å². The fourth-order valence-corrected chi connectivity index (χ4v) is 6.24. The molecular formula is C32H42IrNO2-. The van der Waals surface area contributed by atoms with Crippen LogP contribution in [0.15, 0.2) is 48.5 Å². The molecule has 0 aliphatic heterocycles. The standard InChI is InChI=1S/C19H18N.C13H24O2.Ir/c1-3-14-12-15(4-2)17-10-11-18(20-19(17)13-14)16-8-6-5-7-9-16;1-12(2)6-5-8-7-13(3,4)11(15)9(8)10(12)14;/h5-8,10-13H,3-4H2,1-2H3;8-11,14-15H,5-7H2,1-4H3;/q-1;;. The van der Waals surface area contributed by atoms with Crippen LogP contribution in [0.1, 0.15) is 71.9 Å². The topological polar surface area (TPSA) is 53.4 Å². The molecular weight excluding hydrogens is 623 g/mol. The maximum atomic E-state index is 10.3. The number of benzene rings is 2. The molecule has 4 atom stereocenters. The van der Waals surface area contributed by atoms with Gasteiger partial charge in [0.1, 0.15) is 0 Å². The average molecular weight is 665 g/mol. The van der Waals surface area contributed by atoms with Gasteiger partial charge in [-0.3, -0.25) is 4.98 Å². The van der Waals surface area contributed by atoms with Crippen molar-refractivity contribution in [1.29, 1.82) is 0 Å². The van der Waals surface area contributed by atoms with Crippen LogP contribution in [0.4, 0.5) is 0 Å². The molecule has 0 spiro atoms. The molecule has 3 nitrogen and oxygen atoms in total. The van der Waals surface area contributed by atoms with Crippen LogP contribution < -0.4 is 0 Å². The zero-order valence-corrected chi connectivity index (χ0v) is 25.0. The first-order valence-electron chi connectivity index (χ1n) is 13.3. The average Bonchev–Trinajstić information content (AvgIpc) is 3.09. The van der Waals surface area contributed by atoms with E-state index in [0.717, 1.165) is 48.9 Å². The predicted molar refractivity (Wildman–Crippen MR) is 145 cm³/mol. The Labute approximate surface area is 231 Å². The summed E-state index contributed by atoms with van der Waals surface area (Å²) in [4.78, 5) is 4.83. The van der Waals surface area contributed by atoms with E-state index in [1.165, 1.54) is 16.5 Å². The van der Waals surface area contributed by atoms with E-state index in [2.05, 4.69) is 77.9 Å². The molecule has 0 amide bonds. The van der Waals surface area contributed by atoms with E-state index in [1.54, 1.807) is 0 Å². The van der Waals surface area contributed by atoms with Gasteiger partial charge in [0.05, 0.1) is 17.7 Å². The SMILES string of the molecule is CC1(C)CCC2CC(C)(C)C(O)C2C1O.CCc1cc(CC)c2ccc(-c3[c-]cccc3)nc2c1.[Ir]. The molecule has 2 aliphatic carbocycles. The van der Waals surface area contributed by atoms with E-state index in [1.807, 2.05) is 18.2 Å². The van der Waals surface area contributed by atoms with Crippen molar-refractivity contribution in [2.75, 3.05) is 0 Å². The minimum Gasteiger partial charge on any atom is -0.392 e. The maximum absolute atomic E-state index is 10.3. The van der Waals surface area contributed by atoms with Crippen LogP contribution in [-0.2, 0) is 32.9 Å². The summed E-state index contributed by atoms with van der Waals surface area (Å²) in [6, 6.07) is 20.0. The van der Waals surface area contributed by atoms with Crippen LogP contribution in [0, 0.1) is 28.7 Å². The molecule has 197 valence electrons. The van der Waals surface area contributed by atoms with E-state index in [9.17, 15) is 10.2 Å². The number of nitrogens with zero attached hydrogens (tertiary/aromatic N) is 1. The van der Waals surface area contributed by atoms with E-state index < -0.39 is 0 Å². The first-order chi connectivity index (χ1) is 16.6. The van der Waals surface area contributed by atoms with Crippen molar-refractivity contribution in [1.82, 2.24) is 4.98 Å². The molecule has 2 N–H and O–H groups in total. The molecule has 0 saturated heterocycles. The molecule has 2 saturated carbocycles. The minimum atomic E-state index is -0.340. The van der Waals surface area contributed by atoms with Crippen LogP contribution >= 0.6 is 0 Å². The third kappa shape index (κ3) is 5.78. The van der Waals surface area contributed by atoms with Gasteiger partial charge in [0, 0.05) is 31.4 Å². The number of aliphatic hydroxyl groups is 2. The van der Waals surface area contributed by atoms with E-state index >= 15 is 0 Å². The molecule has 5 rings (SSSR count). The van der Waals surface area contributed by atoms with Gasteiger partial charge in [-0.05, 0) is 71.7 Å². The molecule has 1 aromatic heterocycles. The normalized spacial score (nSPS) is 25.9. The maximum Gasteiger partial charge on any atom is 0.0646 e. The molecule has 2 aliphatic rings. The van der Waals surface area contributed by atoms with E-state index in [0.29, 0.717) is 5.92 Å². The van der Waals surface area contributed by atoms with Crippen molar-refractivity contribution in [3.05, 3.63) is 65.7 Å². The second-order valence-corrected chi connectivity index (χ2v) is 11.9. The number of rotatable bonds is 3. The third-order valence-electron chi connectivity index (χ3n) is 8.55. The summed E-state index contributed by atoms with van der Waals surface area (Å²) in [5.74, 6) is 0.627. The van der Waals surface area contributed by atoms with Gasteiger partial charge in [-0.1, -0.05) is 59.7 Å². The third-order valence-corrected chi connectivity index (χ3v) is 8.55. The Balaban J connectivity index is 0.000000203. The zero-order chi connectivity index (χ0) is 25.4. The number of pyridine rings is 1. The van der Waals surface area contributed by atoms with Gasteiger partial charge in [0.2, 0.25) is 0 Å². The van der Waals surface area contributed by atoms with Crippen molar-refractivity contribution in [2.45, 2.75) is 85.9 Å². The summed E-state index contributed by atoms with van der Waals surface area (Å²) in [5, 5.41) is 21.9. The number of hydrogen-bond donors (Lipinski definition) is 2. The summed E-state index contributed by atoms with van der Waals surface area (Å²) in [6.45, 7) is 12.9. The Kier molecular flexibility index (Phi) is 9.21. The molecule has 4 heteroatoms. The van der Waals surface area contributed by atoms with Gasteiger partial charge in [-0.2, -0.15) is 0 Å².